The molecule has 3 nitrogen and oxygen atoms in total. The summed E-state index contributed by atoms with van der Waals surface area (Å²) >= 11 is 5.53. The molecule has 0 heterocycles. The third-order valence-electron chi connectivity index (χ3n) is 1.89. The quantitative estimate of drug-likeness (QED) is 0.501. The van der Waals surface area contributed by atoms with Crippen LogP contribution in [0.15, 0.2) is 23.2 Å². The maximum absolute atomic E-state index is 13.1. The van der Waals surface area contributed by atoms with E-state index in [4.69, 9.17) is 22.1 Å². The molecule has 0 bridgehead atoms. The van der Waals surface area contributed by atoms with Crippen LogP contribution < -0.4 is 10.5 Å². The van der Waals surface area contributed by atoms with Gasteiger partial charge in [0.2, 0.25) is 0 Å². The summed E-state index contributed by atoms with van der Waals surface area (Å²) in [6.07, 6.45) is 0. The summed E-state index contributed by atoms with van der Waals surface area (Å²) in [6.45, 7) is 4.59. The van der Waals surface area contributed by atoms with Crippen LogP contribution in [0.25, 0.3) is 0 Å². The van der Waals surface area contributed by atoms with Crippen LogP contribution in [0.5, 0.6) is 5.75 Å². The molecule has 0 atom stereocenters. The minimum absolute atomic E-state index is 0.0974. The van der Waals surface area contributed by atoms with Gasteiger partial charge in [0, 0.05) is 6.07 Å². The molecule has 2 N–H and O–H groups in total. The molecule has 0 saturated carbocycles. The van der Waals surface area contributed by atoms with Crippen LogP contribution in [0.4, 0.5) is 10.1 Å². The Morgan fingerprint density at radius 2 is 2.24 bits per heavy atom. The molecule has 1 aromatic carbocycles. The maximum atomic E-state index is 13.1. The molecular formula is C12H16ClFN2O. The van der Waals surface area contributed by atoms with Gasteiger partial charge < -0.3 is 10.5 Å². The fraction of sp³-hybridized carbons (Fsp3) is 0.417. The zero-order chi connectivity index (χ0) is 12.8. The summed E-state index contributed by atoms with van der Waals surface area (Å²) in [6, 6.07) is 4.14. The molecule has 0 aliphatic carbocycles. The second-order valence-electron chi connectivity index (χ2n) is 4.05. The Hall–Kier alpha value is -1.29. The lowest BCUT2D eigenvalue weighted by atomic mass is 10.2. The smallest absolute Gasteiger partial charge is 0.145 e. The van der Waals surface area contributed by atoms with E-state index < -0.39 is 0 Å². The summed E-state index contributed by atoms with van der Waals surface area (Å²) in [4.78, 5) is 4.01. The van der Waals surface area contributed by atoms with E-state index in [0.29, 0.717) is 24.0 Å². The molecule has 1 rings (SSSR count). The van der Waals surface area contributed by atoms with Crippen molar-refractivity contribution in [3.05, 3.63) is 24.0 Å². The number of amidine groups is 1. The summed E-state index contributed by atoms with van der Waals surface area (Å²) in [5.41, 5.74) is 5.88. The van der Waals surface area contributed by atoms with Crippen LogP contribution in [0.2, 0.25) is 0 Å². The molecule has 94 valence electrons. The first kappa shape index (κ1) is 13.8. The number of rotatable bonds is 5. The van der Waals surface area contributed by atoms with Crippen LogP contribution in [0.1, 0.15) is 13.8 Å². The summed E-state index contributed by atoms with van der Waals surface area (Å²) < 4.78 is 18.6. The average Bonchev–Trinajstić information content (AvgIpc) is 2.27. The summed E-state index contributed by atoms with van der Waals surface area (Å²) in [5, 5.41) is 0. The topological polar surface area (TPSA) is 47.6 Å². The first-order valence-corrected chi connectivity index (χ1v) is 5.87. The molecule has 17 heavy (non-hydrogen) atoms. The van der Waals surface area contributed by atoms with Gasteiger partial charge in [-0.1, -0.05) is 13.8 Å². The molecule has 0 aliphatic rings. The Morgan fingerprint density at radius 1 is 1.53 bits per heavy atom. The van der Waals surface area contributed by atoms with E-state index in [2.05, 4.69) is 4.99 Å². The standard InChI is InChI=1S/C12H16ClFN2O/c1-8(2)7-17-11-4-3-9(14)5-10(11)16-12(15)6-13/h3-5,8H,6-7H2,1-2H3,(H2,15,16). The van der Waals surface area contributed by atoms with Gasteiger partial charge in [-0.15, -0.1) is 11.6 Å². The zero-order valence-electron chi connectivity index (χ0n) is 9.91. The van der Waals surface area contributed by atoms with E-state index >= 15 is 0 Å². The summed E-state index contributed by atoms with van der Waals surface area (Å²) in [5.74, 6) is 0.824. The highest BCUT2D eigenvalue weighted by molar-refractivity contribution is 6.28. The molecule has 0 radical (unpaired) electrons. The molecule has 0 fully saturated rings. The molecular weight excluding hydrogens is 243 g/mol. The Balaban J connectivity index is 2.95. The van der Waals surface area contributed by atoms with Crippen LogP contribution in [0, 0.1) is 11.7 Å². The SMILES string of the molecule is CC(C)COc1ccc(F)cc1N=C(N)CCl. The Labute approximate surface area is 105 Å². The number of halogens is 2. The minimum Gasteiger partial charge on any atom is -0.491 e. The maximum Gasteiger partial charge on any atom is 0.145 e. The predicted molar refractivity (Wildman–Crippen MR) is 68.7 cm³/mol. The molecule has 0 aromatic heterocycles. The van der Waals surface area contributed by atoms with Gasteiger partial charge in [0.15, 0.2) is 0 Å². The van der Waals surface area contributed by atoms with Crippen molar-refractivity contribution < 1.29 is 9.13 Å². The van der Waals surface area contributed by atoms with Gasteiger partial charge in [0.1, 0.15) is 23.1 Å². The molecule has 0 spiro atoms. The van der Waals surface area contributed by atoms with Gasteiger partial charge in [-0.3, -0.25) is 0 Å². The number of benzene rings is 1. The number of hydrogen-bond acceptors (Lipinski definition) is 2. The van der Waals surface area contributed by atoms with E-state index in [-0.39, 0.29) is 17.5 Å². The van der Waals surface area contributed by atoms with Crippen molar-refractivity contribution in [3.8, 4) is 5.75 Å². The normalized spacial score (nSPS) is 11.9. The van der Waals surface area contributed by atoms with Crippen molar-refractivity contribution >= 4 is 23.1 Å². The van der Waals surface area contributed by atoms with Crippen molar-refractivity contribution in [3.63, 3.8) is 0 Å². The Morgan fingerprint density at radius 3 is 2.82 bits per heavy atom. The molecule has 5 heteroatoms. The first-order chi connectivity index (χ1) is 8.02. The molecule has 0 unspecified atom stereocenters. The van der Waals surface area contributed by atoms with Gasteiger partial charge in [-0.25, -0.2) is 9.38 Å². The van der Waals surface area contributed by atoms with Gasteiger partial charge in [-0.2, -0.15) is 0 Å². The van der Waals surface area contributed by atoms with Gasteiger partial charge in [0.25, 0.3) is 0 Å². The second kappa shape index (κ2) is 6.45. The van der Waals surface area contributed by atoms with Crippen molar-refractivity contribution in [2.45, 2.75) is 13.8 Å². The Bertz CT molecular complexity index is 407. The molecule has 0 aliphatic heterocycles. The van der Waals surface area contributed by atoms with Crippen molar-refractivity contribution in [1.82, 2.24) is 0 Å². The third kappa shape index (κ3) is 4.61. The number of ether oxygens (including phenoxy) is 1. The molecule has 0 saturated heterocycles. The highest BCUT2D eigenvalue weighted by Crippen LogP contribution is 2.28. The molecule has 1 aromatic rings. The number of alkyl halides is 1. The van der Waals surface area contributed by atoms with E-state index in [0.717, 1.165) is 0 Å². The van der Waals surface area contributed by atoms with Crippen LogP contribution in [-0.4, -0.2) is 18.3 Å². The van der Waals surface area contributed by atoms with E-state index in [1.165, 1.54) is 18.2 Å². The lowest BCUT2D eigenvalue weighted by Gasteiger charge is -2.11. The molecule has 0 amide bonds. The van der Waals surface area contributed by atoms with Crippen LogP contribution in [-0.2, 0) is 0 Å². The lowest BCUT2D eigenvalue weighted by molar-refractivity contribution is 0.272. The number of nitrogens with two attached hydrogens (primary N) is 1. The van der Waals surface area contributed by atoms with Crippen molar-refractivity contribution in [2.75, 3.05) is 12.5 Å². The number of aliphatic imine (C=N–C) groups is 1. The average molecular weight is 259 g/mol. The fourth-order valence-corrected chi connectivity index (χ4v) is 1.20. The van der Waals surface area contributed by atoms with E-state index in [1.807, 2.05) is 13.8 Å². The van der Waals surface area contributed by atoms with E-state index in [1.54, 1.807) is 0 Å². The number of hydrogen-bond donors (Lipinski definition) is 1. The third-order valence-corrected chi connectivity index (χ3v) is 2.17. The van der Waals surface area contributed by atoms with Crippen LogP contribution >= 0.6 is 11.6 Å². The summed E-state index contributed by atoms with van der Waals surface area (Å²) in [7, 11) is 0. The lowest BCUT2D eigenvalue weighted by Crippen LogP contribution is -2.12. The predicted octanol–water partition coefficient (Wildman–Crippen LogP) is 3.09. The highest BCUT2D eigenvalue weighted by Gasteiger charge is 2.06. The van der Waals surface area contributed by atoms with E-state index in [9.17, 15) is 4.39 Å². The monoisotopic (exact) mass is 258 g/mol. The second-order valence-corrected chi connectivity index (χ2v) is 4.32. The Kier molecular flexibility index (Phi) is 5.22. The largest absolute Gasteiger partial charge is 0.491 e. The van der Waals surface area contributed by atoms with Crippen molar-refractivity contribution in [2.24, 2.45) is 16.6 Å². The number of nitrogens with zero attached hydrogens (tertiary/aromatic N) is 1. The van der Waals surface area contributed by atoms with Gasteiger partial charge in [0.05, 0.1) is 12.5 Å². The fourth-order valence-electron chi connectivity index (χ4n) is 1.14. The highest BCUT2D eigenvalue weighted by atomic mass is 35.5. The van der Waals surface area contributed by atoms with Gasteiger partial charge >= 0.3 is 0 Å². The zero-order valence-corrected chi connectivity index (χ0v) is 10.7. The minimum atomic E-state index is -0.386. The van der Waals surface area contributed by atoms with Gasteiger partial charge in [-0.05, 0) is 18.1 Å². The van der Waals surface area contributed by atoms with Crippen LogP contribution in [0.3, 0.4) is 0 Å². The van der Waals surface area contributed by atoms with Crippen molar-refractivity contribution in [1.29, 1.82) is 0 Å². The first-order valence-electron chi connectivity index (χ1n) is 5.34.